The summed E-state index contributed by atoms with van der Waals surface area (Å²) >= 11 is 0. The second kappa shape index (κ2) is 10.4. The van der Waals surface area contributed by atoms with Crippen molar-refractivity contribution in [2.75, 3.05) is 0 Å². The first kappa shape index (κ1) is 18.0. The minimum atomic E-state index is 0.256. The van der Waals surface area contributed by atoms with Crippen LogP contribution in [0, 0.1) is 17.2 Å². The van der Waals surface area contributed by atoms with Gasteiger partial charge in [-0.15, -0.1) is 0 Å². The molecule has 1 fully saturated rings. The summed E-state index contributed by atoms with van der Waals surface area (Å²) in [7, 11) is 0. The fourth-order valence-electron chi connectivity index (χ4n) is 3.31. The summed E-state index contributed by atoms with van der Waals surface area (Å²) in [5, 5.41) is 8.92. The number of rotatable bonds is 9. The van der Waals surface area contributed by atoms with Crippen molar-refractivity contribution < 1.29 is 4.74 Å². The number of nitriles is 1. The van der Waals surface area contributed by atoms with Crippen LogP contribution in [0.2, 0.25) is 0 Å². The SMILES string of the molecule is CCCCCCCc1ccc(CO[C@H]2CC[C@H](C#N)CC2)cc1. The molecule has 1 aliphatic rings. The van der Waals surface area contributed by atoms with Crippen molar-refractivity contribution in [1.82, 2.24) is 0 Å². The van der Waals surface area contributed by atoms with Gasteiger partial charge in [-0.1, -0.05) is 56.9 Å². The summed E-state index contributed by atoms with van der Waals surface area (Å²) < 4.78 is 6.02. The van der Waals surface area contributed by atoms with Crippen molar-refractivity contribution in [3.8, 4) is 6.07 Å². The third-order valence-corrected chi connectivity index (χ3v) is 4.93. The highest BCUT2D eigenvalue weighted by atomic mass is 16.5. The molecular formula is C21H31NO. The number of unbranched alkanes of at least 4 members (excludes halogenated alkanes) is 4. The van der Waals surface area contributed by atoms with Crippen molar-refractivity contribution in [2.45, 2.75) is 83.8 Å². The van der Waals surface area contributed by atoms with Gasteiger partial charge >= 0.3 is 0 Å². The average Bonchev–Trinajstić information content (AvgIpc) is 2.61. The number of hydrogen-bond donors (Lipinski definition) is 0. The highest BCUT2D eigenvalue weighted by molar-refractivity contribution is 5.22. The molecule has 0 aromatic heterocycles. The molecule has 0 spiro atoms. The van der Waals surface area contributed by atoms with Crippen molar-refractivity contribution in [2.24, 2.45) is 5.92 Å². The molecule has 0 heterocycles. The Bertz CT molecular complexity index is 466. The van der Waals surface area contributed by atoms with E-state index in [0.717, 1.165) is 25.7 Å². The minimum Gasteiger partial charge on any atom is -0.374 e. The average molecular weight is 313 g/mol. The molecule has 0 N–H and O–H groups in total. The molecule has 1 aliphatic carbocycles. The maximum Gasteiger partial charge on any atom is 0.0720 e. The summed E-state index contributed by atoms with van der Waals surface area (Å²) in [6.07, 6.45) is 12.3. The van der Waals surface area contributed by atoms with Gasteiger partial charge in [0, 0.05) is 5.92 Å². The third kappa shape index (κ3) is 6.75. The second-order valence-corrected chi connectivity index (χ2v) is 6.89. The zero-order valence-electron chi connectivity index (χ0n) is 14.6. The van der Waals surface area contributed by atoms with E-state index in [2.05, 4.69) is 37.3 Å². The maximum atomic E-state index is 8.92. The predicted molar refractivity (Wildman–Crippen MR) is 95.1 cm³/mol. The molecule has 0 bridgehead atoms. The molecule has 0 unspecified atom stereocenters. The van der Waals surface area contributed by atoms with Crippen molar-refractivity contribution >= 4 is 0 Å². The van der Waals surface area contributed by atoms with Crippen LogP contribution in [0.25, 0.3) is 0 Å². The van der Waals surface area contributed by atoms with Crippen LogP contribution in [-0.2, 0) is 17.8 Å². The lowest BCUT2D eigenvalue weighted by Gasteiger charge is -2.25. The van der Waals surface area contributed by atoms with Crippen molar-refractivity contribution in [3.63, 3.8) is 0 Å². The van der Waals surface area contributed by atoms with E-state index < -0.39 is 0 Å². The lowest BCUT2D eigenvalue weighted by atomic mass is 9.88. The van der Waals surface area contributed by atoms with Crippen LogP contribution in [0.3, 0.4) is 0 Å². The van der Waals surface area contributed by atoms with E-state index in [9.17, 15) is 0 Å². The van der Waals surface area contributed by atoms with Gasteiger partial charge in [0.25, 0.3) is 0 Å². The standard InChI is InChI=1S/C21H31NO/c1-2-3-4-5-6-7-18-8-10-20(11-9-18)17-23-21-14-12-19(16-22)13-15-21/h8-11,19,21H,2-7,12-15,17H2,1H3/t19-,21-. The summed E-state index contributed by atoms with van der Waals surface area (Å²) in [5.41, 5.74) is 2.71. The Morgan fingerprint density at radius 3 is 2.26 bits per heavy atom. The summed E-state index contributed by atoms with van der Waals surface area (Å²) in [5.74, 6) is 0.256. The lowest BCUT2D eigenvalue weighted by molar-refractivity contribution is 0.0116. The summed E-state index contributed by atoms with van der Waals surface area (Å²) in [6.45, 7) is 2.97. The van der Waals surface area contributed by atoms with Crippen LogP contribution in [0.1, 0.15) is 75.8 Å². The fraction of sp³-hybridized carbons (Fsp3) is 0.667. The van der Waals surface area contributed by atoms with Gasteiger partial charge in [-0.2, -0.15) is 5.26 Å². The first-order chi connectivity index (χ1) is 11.3. The molecular weight excluding hydrogens is 282 g/mol. The zero-order chi connectivity index (χ0) is 16.3. The van der Waals surface area contributed by atoms with Gasteiger partial charge in [-0.05, 0) is 49.7 Å². The molecule has 2 heteroatoms. The molecule has 0 amide bonds. The Kier molecular flexibility index (Phi) is 8.18. The van der Waals surface area contributed by atoms with E-state index in [4.69, 9.17) is 10.00 Å². The maximum absolute atomic E-state index is 8.92. The minimum absolute atomic E-state index is 0.256. The van der Waals surface area contributed by atoms with Gasteiger partial charge in [0.1, 0.15) is 0 Å². The second-order valence-electron chi connectivity index (χ2n) is 6.89. The monoisotopic (exact) mass is 313 g/mol. The van der Waals surface area contributed by atoms with E-state index >= 15 is 0 Å². The molecule has 1 saturated carbocycles. The smallest absolute Gasteiger partial charge is 0.0720 e. The molecule has 0 atom stereocenters. The fourth-order valence-corrected chi connectivity index (χ4v) is 3.31. The van der Waals surface area contributed by atoms with Gasteiger partial charge in [-0.25, -0.2) is 0 Å². The predicted octanol–water partition coefficient (Wildman–Crippen LogP) is 5.80. The van der Waals surface area contributed by atoms with E-state index in [-0.39, 0.29) is 5.92 Å². The van der Waals surface area contributed by atoms with Crippen LogP contribution in [0.15, 0.2) is 24.3 Å². The van der Waals surface area contributed by atoms with E-state index in [0.29, 0.717) is 12.7 Å². The first-order valence-electron chi connectivity index (χ1n) is 9.41. The molecule has 0 aliphatic heterocycles. The van der Waals surface area contributed by atoms with Crippen molar-refractivity contribution in [1.29, 1.82) is 5.26 Å². The lowest BCUT2D eigenvalue weighted by Crippen LogP contribution is -2.20. The van der Waals surface area contributed by atoms with Crippen molar-refractivity contribution in [3.05, 3.63) is 35.4 Å². The molecule has 126 valence electrons. The Morgan fingerprint density at radius 1 is 0.957 bits per heavy atom. The van der Waals surface area contributed by atoms with Gasteiger partial charge in [0.15, 0.2) is 0 Å². The first-order valence-corrected chi connectivity index (χ1v) is 9.41. The molecule has 1 aromatic carbocycles. The number of aryl methyl sites for hydroxylation is 1. The summed E-state index contributed by atoms with van der Waals surface area (Å²) in [6, 6.07) is 11.3. The highest BCUT2D eigenvalue weighted by Gasteiger charge is 2.21. The van der Waals surface area contributed by atoms with E-state index in [1.807, 2.05) is 0 Å². The Balaban J connectivity index is 1.64. The number of hydrogen-bond acceptors (Lipinski definition) is 2. The van der Waals surface area contributed by atoms with E-state index in [1.165, 1.54) is 49.7 Å². The highest BCUT2D eigenvalue weighted by Crippen LogP contribution is 2.26. The molecule has 2 rings (SSSR count). The van der Waals surface area contributed by atoms with Crippen LogP contribution in [-0.4, -0.2) is 6.10 Å². The number of nitrogens with zero attached hydrogens (tertiary/aromatic N) is 1. The summed E-state index contributed by atoms with van der Waals surface area (Å²) in [4.78, 5) is 0. The number of benzene rings is 1. The quantitative estimate of drug-likeness (QED) is 0.540. The molecule has 0 radical (unpaired) electrons. The van der Waals surface area contributed by atoms with Crippen LogP contribution < -0.4 is 0 Å². The molecule has 1 aromatic rings. The van der Waals surface area contributed by atoms with Gasteiger partial charge in [0.05, 0.1) is 18.8 Å². The molecule has 0 saturated heterocycles. The Hall–Kier alpha value is -1.33. The molecule has 2 nitrogen and oxygen atoms in total. The van der Waals surface area contributed by atoms with Crippen LogP contribution in [0.4, 0.5) is 0 Å². The van der Waals surface area contributed by atoms with Gasteiger partial charge < -0.3 is 4.74 Å². The number of ether oxygens (including phenoxy) is 1. The molecule has 23 heavy (non-hydrogen) atoms. The largest absolute Gasteiger partial charge is 0.374 e. The normalized spacial score (nSPS) is 21.0. The third-order valence-electron chi connectivity index (χ3n) is 4.93. The van der Waals surface area contributed by atoms with Crippen LogP contribution >= 0.6 is 0 Å². The van der Waals surface area contributed by atoms with Gasteiger partial charge in [-0.3, -0.25) is 0 Å². The van der Waals surface area contributed by atoms with E-state index in [1.54, 1.807) is 0 Å². The van der Waals surface area contributed by atoms with Crippen LogP contribution in [0.5, 0.6) is 0 Å². The van der Waals surface area contributed by atoms with Gasteiger partial charge in [0.2, 0.25) is 0 Å². The zero-order valence-corrected chi connectivity index (χ0v) is 14.6. The Morgan fingerprint density at radius 2 is 1.61 bits per heavy atom. The Labute approximate surface area is 141 Å². The topological polar surface area (TPSA) is 33.0 Å².